The molecule has 1 heterocycles. The molecule has 0 unspecified atom stereocenters. The minimum absolute atomic E-state index is 0. The summed E-state index contributed by atoms with van der Waals surface area (Å²) in [5.41, 5.74) is -1.17. The van der Waals surface area contributed by atoms with Gasteiger partial charge in [-0.2, -0.15) is 13.2 Å². The third kappa shape index (κ3) is 3.11. The number of hydrogen-bond acceptors (Lipinski definition) is 1. The van der Waals surface area contributed by atoms with Gasteiger partial charge in [-0.15, -0.1) is 23.8 Å². The number of rotatable bonds is 0. The molecule has 1 aliphatic rings. The Morgan fingerprint density at radius 1 is 1.50 bits per heavy atom. The SMILES string of the molecule is C=C1C(C(F)(F)F)=[C-]N(C)C=C1Cl.[Y]. The van der Waals surface area contributed by atoms with Crippen molar-refractivity contribution in [3.05, 3.63) is 35.2 Å². The molecule has 0 spiro atoms. The average Bonchev–Trinajstić information content (AvgIpc) is 1.94. The first-order valence-corrected chi connectivity index (χ1v) is 3.71. The molecule has 1 radical (unpaired) electrons. The number of hydrogen-bond donors (Lipinski definition) is 0. The zero-order valence-electron chi connectivity index (χ0n) is 7.32. The summed E-state index contributed by atoms with van der Waals surface area (Å²) in [6.45, 7) is 3.23. The first-order valence-electron chi connectivity index (χ1n) is 3.33. The van der Waals surface area contributed by atoms with Gasteiger partial charge in [-0.05, 0) is 17.7 Å². The molecule has 0 aromatic carbocycles. The first kappa shape index (κ1) is 14.2. The third-order valence-corrected chi connectivity index (χ3v) is 1.79. The van der Waals surface area contributed by atoms with Crippen molar-refractivity contribution >= 4 is 11.6 Å². The molecule has 0 saturated carbocycles. The van der Waals surface area contributed by atoms with Gasteiger partial charge in [0.05, 0.1) is 0 Å². The summed E-state index contributed by atoms with van der Waals surface area (Å²) in [5.74, 6) is 0. The summed E-state index contributed by atoms with van der Waals surface area (Å²) in [6, 6.07) is 0. The van der Waals surface area contributed by atoms with E-state index < -0.39 is 11.7 Å². The van der Waals surface area contributed by atoms with E-state index in [1.54, 1.807) is 0 Å². The van der Waals surface area contributed by atoms with Crippen molar-refractivity contribution in [3.8, 4) is 0 Å². The standard InChI is InChI=1S/C8H6ClF3N.Y/c1-5-6(8(10,11)12)3-13(2)4-7(5)9;/h4H,1H2,2H3;/q-1;. The van der Waals surface area contributed by atoms with Crippen LogP contribution in [0.4, 0.5) is 13.2 Å². The Labute approximate surface area is 110 Å². The largest absolute Gasteiger partial charge is 0.462 e. The molecular formula is C8H6ClF3NY-. The van der Waals surface area contributed by atoms with Crippen LogP contribution in [0.2, 0.25) is 0 Å². The Balaban J connectivity index is 0.00000169. The molecule has 0 bridgehead atoms. The maximum absolute atomic E-state index is 12.3. The molecule has 0 atom stereocenters. The molecule has 6 heteroatoms. The topological polar surface area (TPSA) is 3.24 Å². The van der Waals surface area contributed by atoms with E-state index in [1.165, 1.54) is 13.2 Å². The summed E-state index contributed by atoms with van der Waals surface area (Å²) >= 11 is 5.52. The Hall–Kier alpha value is 0.204. The molecule has 0 aliphatic carbocycles. The molecule has 0 fully saturated rings. The number of nitrogens with zero attached hydrogens (tertiary/aromatic N) is 1. The summed E-state index contributed by atoms with van der Waals surface area (Å²) in [6.07, 6.45) is -1.04. The van der Waals surface area contributed by atoms with Gasteiger partial charge in [-0.25, -0.2) is 0 Å². The van der Waals surface area contributed by atoms with Crippen LogP contribution in [0.5, 0.6) is 0 Å². The Morgan fingerprint density at radius 2 is 2.00 bits per heavy atom. The second kappa shape index (κ2) is 4.82. The minimum atomic E-state index is -4.46. The van der Waals surface area contributed by atoms with Crippen molar-refractivity contribution in [2.24, 2.45) is 0 Å². The minimum Gasteiger partial charge on any atom is -0.462 e. The van der Waals surface area contributed by atoms with Crippen molar-refractivity contribution in [2.75, 3.05) is 7.05 Å². The van der Waals surface area contributed by atoms with E-state index in [9.17, 15) is 13.2 Å². The zero-order valence-corrected chi connectivity index (χ0v) is 10.9. The second-order valence-corrected chi connectivity index (χ2v) is 2.96. The van der Waals surface area contributed by atoms with Crippen molar-refractivity contribution in [3.63, 3.8) is 0 Å². The fourth-order valence-electron chi connectivity index (χ4n) is 0.878. The van der Waals surface area contributed by atoms with Gasteiger partial charge in [0.2, 0.25) is 0 Å². The summed E-state index contributed by atoms with van der Waals surface area (Å²) < 4.78 is 36.8. The van der Waals surface area contributed by atoms with Crippen LogP contribution < -0.4 is 0 Å². The molecule has 14 heavy (non-hydrogen) atoms. The molecule has 0 N–H and O–H groups in total. The fraction of sp³-hybridized carbons (Fsp3) is 0.250. The van der Waals surface area contributed by atoms with Crippen LogP contribution in [0.25, 0.3) is 0 Å². The predicted molar refractivity (Wildman–Crippen MR) is 43.7 cm³/mol. The van der Waals surface area contributed by atoms with E-state index >= 15 is 0 Å². The summed E-state index contributed by atoms with van der Waals surface area (Å²) in [5, 5.41) is -0.0198. The van der Waals surface area contributed by atoms with E-state index in [2.05, 4.69) is 12.8 Å². The van der Waals surface area contributed by atoms with E-state index in [4.69, 9.17) is 11.6 Å². The molecule has 0 aromatic heterocycles. The van der Waals surface area contributed by atoms with Crippen molar-refractivity contribution in [2.45, 2.75) is 6.18 Å². The Bertz CT molecular complexity index is 306. The van der Waals surface area contributed by atoms with Gasteiger partial charge in [0.25, 0.3) is 0 Å². The quantitative estimate of drug-likeness (QED) is 0.622. The summed E-state index contributed by atoms with van der Waals surface area (Å²) in [7, 11) is 1.42. The van der Waals surface area contributed by atoms with Crippen LogP contribution in [-0.4, -0.2) is 18.1 Å². The average molecular weight is 297 g/mol. The first-order chi connectivity index (χ1) is 5.82. The summed E-state index contributed by atoms with van der Waals surface area (Å²) in [4.78, 5) is 1.12. The predicted octanol–water partition coefficient (Wildman–Crippen LogP) is 2.82. The van der Waals surface area contributed by atoms with Crippen molar-refractivity contribution in [1.82, 2.24) is 4.90 Å². The van der Waals surface area contributed by atoms with Gasteiger partial charge in [0.1, 0.15) is 0 Å². The molecular weight excluding hydrogens is 291 g/mol. The van der Waals surface area contributed by atoms with E-state index in [0.717, 1.165) is 4.90 Å². The maximum Gasteiger partial charge on any atom is 0.396 e. The van der Waals surface area contributed by atoms with Crippen molar-refractivity contribution in [1.29, 1.82) is 0 Å². The number of halogens is 4. The van der Waals surface area contributed by atoms with Crippen LogP contribution >= 0.6 is 11.6 Å². The maximum atomic E-state index is 12.3. The van der Waals surface area contributed by atoms with Crippen LogP contribution in [0.1, 0.15) is 0 Å². The van der Waals surface area contributed by atoms with E-state index in [1.807, 2.05) is 0 Å². The number of allylic oxidation sites excluding steroid dienone is 3. The van der Waals surface area contributed by atoms with E-state index in [0.29, 0.717) is 0 Å². The molecule has 0 aromatic rings. The zero-order chi connectivity index (χ0) is 10.2. The normalized spacial score (nSPS) is 17.2. The molecule has 1 nitrogen and oxygen atoms in total. The molecule has 0 saturated heterocycles. The molecule has 1 aliphatic heterocycles. The Morgan fingerprint density at radius 3 is 2.43 bits per heavy atom. The van der Waals surface area contributed by atoms with Crippen LogP contribution in [0.3, 0.4) is 0 Å². The van der Waals surface area contributed by atoms with Gasteiger partial charge in [0, 0.05) is 32.7 Å². The molecule has 0 amide bonds. The monoisotopic (exact) mass is 297 g/mol. The van der Waals surface area contributed by atoms with Crippen LogP contribution in [0, 0.1) is 6.20 Å². The van der Waals surface area contributed by atoms with Crippen molar-refractivity contribution < 1.29 is 45.9 Å². The van der Waals surface area contributed by atoms with Crippen LogP contribution in [-0.2, 0) is 32.7 Å². The smallest absolute Gasteiger partial charge is 0.396 e. The second-order valence-electron chi connectivity index (χ2n) is 2.55. The molecule has 1 rings (SSSR count). The third-order valence-electron chi connectivity index (χ3n) is 1.47. The van der Waals surface area contributed by atoms with Gasteiger partial charge in [-0.3, -0.25) is 0 Å². The van der Waals surface area contributed by atoms with Gasteiger partial charge in [-0.1, -0.05) is 12.4 Å². The molecule has 75 valence electrons. The van der Waals surface area contributed by atoms with Gasteiger partial charge < -0.3 is 4.90 Å². The van der Waals surface area contributed by atoms with Gasteiger partial charge in [0.15, 0.2) is 0 Å². The number of alkyl halides is 3. The fourth-order valence-corrected chi connectivity index (χ4v) is 1.12. The van der Waals surface area contributed by atoms with Gasteiger partial charge >= 0.3 is 6.18 Å². The van der Waals surface area contributed by atoms with E-state index in [-0.39, 0.29) is 43.3 Å². The Kier molecular flexibility index (Phi) is 4.89. The van der Waals surface area contributed by atoms with Crippen LogP contribution in [0.15, 0.2) is 29.0 Å².